The third-order valence-corrected chi connectivity index (χ3v) is 4.86. The second-order valence-electron chi connectivity index (χ2n) is 6.85. The Labute approximate surface area is 159 Å². The highest BCUT2D eigenvalue weighted by atomic mass is 16.4. The van der Waals surface area contributed by atoms with E-state index < -0.39 is 0 Å². The fourth-order valence-corrected chi connectivity index (χ4v) is 3.38. The van der Waals surface area contributed by atoms with Crippen LogP contribution in [0.3, 0.4) is 0 Å². The number of nitrogens with one attached hydrogen (secondary N) is 1. The second-order valence-corrected chi connectivity index (χ2v) is 6.85. The molecule has 0 saturated carbocycles. The first-order valence-corrected chi connectivity index (χ1v) is 9.35. The second kappa shape index (κ2) is 7.66. The third kappa shape index (κ3) is 4.03. The van der Waals surface area contributed by atoms with Gasteiger partial charge in [0.15, 0.2) is 0 Å². The van der Waals surface area contributed by atoms with Crippen molar-refractivity contribution < 1.29 is 9.21 Å². The number of carbonyl (C=O) groups excluding carboxylic acids is 1. The van der Waals surface area contributed by atoms with Gasteiger partial charge in [0.25, 0.3) is 0 Å². The fourth-order valence-electron chi connectivity index (χ4n) is 3.38. The lowest BCUT2D eigenvalue weighted by atomic mass is 10.2. The van der Waals surface area contributed by atoms with Crippen molar-refractivity contribution in [3.8, 4) is 11.5 Å². The van der Waals surface area contributed by atoms with Gasteiger partial charge < -0.3 is 14.6 Å². The molecule has 5 nitrogen and oxygen atoms in total. The van der Waals surface area contributed by atoms with Crippen LogP contribution in [0.2, 0.25) is 0 Å². The van der Waals surface area contributed by atoms with Gasteiger partial charge in [-0.25, -0.2) is 4.98 Å². The average Bonchev–Trinajstić information content (AvgIpc) is 3.34. The molecule has 0 radical (unpaired) electrons. The van der Waals surface area contributed by atoms with Crippen molar-refractivity contribution in [3.63, 3.8) is 0 Å². The van der Waals surface area contributed by atoms with E-state index in [0.29, 0.717) is 17.3 Å². The molecule has 5 heteroatoms. The molecule has 138 valence electrons. The molecule has 1 fully saturated rings. The van der Waals surface area contributed by atoms with E-state index in [-0.39, 0.29) is 12.3 Å². The molecule has 0 aliphatic carbocycles. The number of hydrogen-bond acceptors (Lipinski definition) is 4. The molecule has 1 aliphatic heterocycles. The average molecular weight is 361 g/mol. The minimum Gasteiger partial charge on any atom is -0.441 e. The number of anilines is 2. The van der Waals surface area contributed by atoms with Crippen molar-refractivity contribution in [1.82, 2.24) is 4.98 Å². The Balaban J connectivity index is 1.40. The van der Waals surface area contributed by atoms with E-state index in [1.165, 1.54) is 18.5 Å². The highest BCUT2D eigenvalue weighted by Gasteiger charge is 2.15. The van der Waals surface area contributed by atoms with Crippen molar-refractivity contribution in [2.45, 2.75) is 26.2 Å². The Hall–Kier alpha value is -3.08. The van der Waals surface area contributed by atoms with Crippen LogP contribution in [0.5, 0.6) is 0 Å². The number of nitrogens with zero attached hydrogens (tertiary/aromatic N) is 2. The van der Waals surface area contributed by atoms with Crippen molar-refractivity contribution in [1.29, 1.82) is 0 Å². The summed E-state index contributed by atoms with van der Waals surface area (Å²) in [6, 6.07) is 17.7. The van der Waals surface area contributed by atoms with Gasteiger partial charge in [-0.2, -0.15) is 0 Å². The van der Waals surface area contributed by atoms with Gasteiger partial charge in [0, 0.05) is 30.0 Å². The van der Waals surface area contributed by atoms with Crippen molar-refractivity contribution in [2.75, 3.05) is 23.3 Å². The van der Waals surface area contributed by atoms with Gasteiger partial charge in [-0.05, 0) is 56.2 Å². The molecule has 0 bridgehead atoms. The summed E-state index contributed by atoms with van der Waals surface area (Å²) in [4.78, 5) is 19.3. The molecule has 0 unspecified atom stereocenters. The molecule has 1 aromatic heterocycles. The molecule has 1 amide bonds. The summed E-state index contributed by atoms with van der Waals surface area (Å²) in [5.74, 6) is 1.12. The fraction of sp³-hybridized carbons (Fsp3) is 0.273. The third-order valence-electron chi connectivity index (χ3n) is 4.86. The Morgan fingerprint density at radius 2 is 1.78 bits per heavy atom. The largest absolute Gasteiger partial charge is 0.441 e. The van der Waals surface area contributed by atoms with Crippen LogP contribution in [-0.4, -0.2) is 24.0 Å². The van der Waals surface area contributed by atoms with Crippen LogP contribution in [0, 0.1) is 6.92 Å². The first-order valence-electron chi connectivity index (χ1n) is 9.35. The number of carbonyl (C=O) groups is 1. The number of aryl methyl sites for hydroxylation is 1. The minimum absolute atomic E-state index is 0.0973. The minimum atomic E-state index is -0.0973. The lowest BCUT2D eigenvalue weighted by Crippen LogP contribution is -2.18. The van der Waals surface area contributed by atoms with E-state index in [2.05, 4.69) is 27.3 Å². The predicted molar refractivity (Wildman–Crippen MR) is 107 cm³/mol. The van der Waals surface area contributed by atoms with Crippen LogP contribution < -0.4 is 10.2 Å². The molecule has 1 saturated heterocycles. The Morgan fingerprint density at radius 1 is 1.07 bits per heavy atom. The van der Waals surface area contributed by atoms with Gasteiger partial charge in [0.2, 0.25) is 11.8 Å². The van der Waals surface area contributed by atoms with Crippen LogP contribution in [0.1, 0.15) is 24.3 Å². The smallest absolute Gasteiger partial charge is 0.230 e. The van der Waals surface area contributed by atoms with E-state index in [1.54, 1.807) is 0 Å². The van der Waals surface area contributed by atoms with E-state index in [0.717, 1.165) is 24.3 Å². The van der Waals surface area contributed by atoms with Gasteiger partial charge in [-0.1, -0.05) is 18.2 Å². The standard InChI is InChI=1S/C22H23N3O2/c1-16-20(24-22(27-16)17-7-3-2-4-8-17)15-21(26)23-18-9-11-19(12-10-18)25-13-5-6-14-25/h2-4,7-12H,5-6,13-15H2,1H3,(H,23,26). The molecule has 0 spiro atoms. The van der Waals surface area contributed by atoms with Gasteiger partial charge in [-0.15, -0.1) is 0 Å². The molecule has 27 heavy (non-hydrogen) atoms. The molecule has 1 aliphatic rings. The number of amides is 1. The summed E-state index contributed by atoms with van der Waals surface area (Å²) >= 11 is 0. The molecular weight excluding hydrogens is 338 g/mol. The summed E-state index contributed by atoms with van der Waals surface area (Å²) in [7, 11) is 0. The quantitative estimate of drug-likeness (QED) is 0.730. The Morgan fingerprint density at radius 3 is 2.48 bits per heavy atom. The summed E-state index contributed by atoms with van der Waals surface area (Å²) in [5.41, 5.74) is 3.59. The highest BCUT2D eigenvalue weighted by molar-refractivity contribution is 5.92. The maximum absolute atomic E-state index is 12.4. The van der Waals surface area contributed by atoms with Crippen LogP contribution >= 0.6 is 0 Å². The van der Waals surface area contributed by atoms with Crippen molar-refractivity contribution in [2.24, 2.45) is 0 Å². The first kappa shape index (κ1) is 17.3. The van der Waals surface area contributed by atoms with Crippen LogP contribution in [0.4, 0.5) is 11.4 Å². The number of rotatable bonds is 5. The molecule has 1 N–H and O–H groups in total. The van der Waals surface area contributed by atoms with E-state index in [9.17, 15) is 4.79 Å². The SMILES string of the molecule is Cc1oc(-c2ccccc2)nc1CC(=O)Nc1ccc(N2CCCC2)cc1. The highest BCUT2D eigenvalue weighted by Crippen LogP contribution is 2.23. The monoisotopic (exact) mass is 361 g/mol. The number of aromatic nitrogens is 1. The molecule has 4 rings (SSSR count). The molecule has 2 heterocycles. The van der Waals surface area contributed by atoms with Gasteiger partial charge in [0.05, 0.1) is 12.1 Å². The predicted octanol–water partition coefficient (Wildman–Crippen LogP) is 4.43. The molecule has 2 aromatic carbocycles. The van der Waals surface area contributed by atoms with Crippen LogP contribution in [-0.2, 0) is 11.2 Å². The topological polar surface area (TPSA) is 58.4 Å². The maximum Gasteiger partial charge on any atom is 0.230 e. The number of hydrogen-bond donors (Lipinski definition) is 1. The summed E-state index contributed by atoms with van der Waals surface area (Å²) < 4.78 is 5.73. The van der Waals surface area contributed by atoms with Gasteiger partial charge >= 0.3 is 0 Å². The first-order chi connectivity index (χ1) is 13.2. The molecule has 3 aromatic rings. The molecular formula is C22H23N3O2. The van der Waals surface area contributed by atoms with E-state index >= 15 is 0 Å². The van der Waals surface area contributed by atoms with Gasteiger partial charge in [-0.3, -0.25) is 4.79 Å². The summed E-state index contributed by atoms with van der Waals surface area (Å²) in [6.07, 6.45) is 2.69. The number of benzene rings is 2. The zero-order chi connectivity index (χ0) is 18.6. The van der Waals surface area contributed by atoms with Crippen LogP contribution in [0.15, 0.2) is 59.0 Å². The summed E-state index contributed by atoms with van der Waals surface area (Å²) in [5, 5.41) is 2.95. The Kier molecular flexibility index (Phi) is 4.92. The van der Waals surface area contributed by atoms with Gasteiger partial charge in [0.1, 0.15) is 5.76 Å². The summed E-state index contributed by atoms with van der Waals surface area (Å²) in [6.45, 7) is 4.06. The lowest BCUT2D eigenvalue weighted by molar-refractivity contribution is -0.115. The van der Waals surface area contributed by atoms with E-state index in [4.69, 9.17) is 4.42 Å². The molecule has 0 atom stereocenters. The zero-order valence-corrected chi connectivity index (χ0v) is 15.4. The van der Waals surface area contributed by atoms with Crippen LogP contribution in [0.25, 0.3) is 11.5 Å². The zero-order valence-electron chi connectivity index (χ0n) is 15.4. The lowest BCUT2D eigenvalue weighted by Gasteiger charge is -2.17. The van der Waals surface area contributed by atoms with E-state index in [1.807, 2.05) is 49.4 Å². The van der Waals surface area contributed by atoms with Crippen molar-refractivity contribution in [3.05, 3.63) is 66.1 Å². The van der Waals surface area contributed by atoms with Crippen molar-refractivity contribution >= 4 is 17.3 Å². The number of oxazole rings is 1. The Bertz CT molecular complexity index is 910. The maximum atomic E-state index is 12.4. The normalized spacial score (nSPS) is 13.7.